The van der Waals surface area contributed by atoms with Gasteiger partial charge in [-0.3, -0.25) is 0 Å². The average Bonchev–Trinajstić information content (AvgIpc) is 3.63. The van der Waals surface area contributed by atoms with Crippen LogP contribution in [-0.4, -0.2) is 9.13 Å². The Bertz CT molecular complexity index is 2710. The summed E-state index contributed by atoms with van der Waals surface area (Å²) in [6, 6.07) is 60.6. The third kappa shape index (κ3) is 4.92. The molecule has 10 rings (SSSR count). The van der Waals surface area contributed by atoms with E-state index in [-0.39, 0.29) is 0 Å². The second-order valence-corrected chi connectivity index (χ2v) is 13.9. The van der Waals surface area contributed by atoms with E-state index in [1.807, 2.05) is 0 Å². The maximum Gasteiger partial charge on any atom is 0.0541 e. The van der Waals surface area contributed by atoms with Crippen molar-refractivity contribution in [3.05, 3.63) is 179 Å². The highest BCUT2D eigenvalue weighted by Gasteiger charge is 2.14. The smallest absolute Gasteiger partial charge is 0.0541 e. The summed E-state index contributed by atoms with van der Waals surface area (Å²) in [4.78, 5) is 0. The molecule has 0 unspecified atom stereocenters. The van der Waals surface area contributed by atoms with Crippen LogP contribution in [0.5, 0.6) is 0 Å². The molecule has 8 aromatic carbocycles. The van der Waals surface area contributed by atoms with E-state index in [0.29, 0.717) is 0 Å². The highest BCUT2D eigenvalue weighted by Crippen LogP contribution is 2.36. The van der Waals surface area contributed by atoms with Crippen molar-refractivity contribution in [3.8, 4) is 11.4 Å². The Morgan fingerprint density at radius 3 is 1.12 bits per heavy atom. The summed E-state index contributed by atoms with van der Waals surface area (Å²) >= 11 is 7.23. The number of fused-ring (bicyclic) bond motifs is 8. The zero-order valence-electron chi connectivity index (χ0n) is 25.8. The standard InChI is InChI=1S/C22H13Br2N.C22H15N/c23-16-6-9-21-19(12-16)20-13-17(24)7-10-22(20)25(21)18-8-5-14-3-1-2-4-15(14)11-18;1-2-8-17-15-18(14-13-16(17)7-1)23-21-11-5-3-9-19(21)20-10-4-6-12-22(20)23/h1-13H;1-15H. The van der Waals surface area contributed by atoms with Crippen molar-refractivity contribution in [3.63, 3.8) is 0 Å². The molecular formula is C44H28Br2N2. The number of nitrogens with zero attached hydrogens (tertiary/aromatic N) is 2. The first-order valence-corrected chi connectivity index (χ1v) is 17.6. The van der Waals surface area contributed by atoms with E-state index in [4.69, 9.17) is 0 Å². The average molecular weight is 745 g/mol. The van der Waals surface area contributed by atoms with Gasteiger partial charge in [0.15, 0.2) is 0 Å². The minimum absolute atomic E-state index is 1.09. The van der Waals surface area contributed by atoms with Crippen molar-refractivity contribution < 1.29 is 0 Å². The van der Waals surface area contributed by atoms with Crippen LogP contribution in [0.1, 0.15) is 0 Å². The Balaban J connectivity index is 0.000000131. The lowest BCUT2D eigenvalue weighted by molar-refractivity contribution is 1.18. The summed E-state index contributed by atoms with van der Waals surface area (Å²) in [5.41, 5.74) is 7.33. The third-order valence-corrected chi connectivity index (χ3v) is 10.2. The number of halogens is 2. The zero-order chi connectivity index (χ0) is 32.2. The summed E-state index contributed by atoms with van der Waals surface area (Å²) in [6.07, 6.45) is 0. The van der Waals surface area contributed by atoms with Crippen molar-refractivity contribution in [1.29, 1.82) is 0 Å². The minimum Gasteiger partial charge on any atom is -0.309 e. The van der Waals surface area contributed by atoms with Gasteiger partial charge in [0, 0.05) is 41.9 Å². The van der Waals surface area contributed by atoms with E-state index in [1.54, 1.807) is 0 Å². The van der Waals surface area contributed by atoms with Crippen LogP contribution in [0.3, 0.4) is 0 Å². The molecule has 10 aromatic rings. The number of benzene rings is 8. The van der Waals surface area contributed by atoms with Crippen molar-refractivity contribution in [1.82, 2.24) is 9.13 Å². The van der Waals surface area contributed by atoms with Gasteiger partial charge in [-0.15, -0.1) is 0 Å². The van der Waals surface area contributed by atoms with Crippen molar-refractivity contribution in [2.75, 3.05) is 0 Å². The fourth-order valence-electron chi connectivity index (χ4n) is 7.08. The zero-order valence-corrected chi connectivity index (χ0v) is 29.0. The van der Waals surface area contributed by atoms with Crippen molar-refractivity contribution in [2.45, 2.75) is 0 Å². The van der Waals surface area contributed by atoms with Crippen LogP contribution >= 0.6 is 31.9 Å². The van der Waals surface area contributed by atoms with Crippen LogP contribution in [0, 0.1) is 0 Å². The van der Waals surface area contributed by atoms with E-state index < -0.39 is 0 Å². The summed E-state index contributed by atoms with van der Waals surface area (Å²) < 4.78 is 6.89. The fraction of sp³-hybridized carbons (Fsp3) is 0. The van der Waals surface area contributed by atoms with Gasteiger partial charge in [-0.05, 0) is 94.3 Å². The quantitative estimate of drug-likeness (QED) is 0.167. The topological polar surface area (TPSA) is 9.86 Å². The monoisotopic (exact) mass is 742 g/mol. The lowest BCUT2D eigenvalue weighted by Gasteiger charge is -2.09. The van der Waals surface area contributed by atoms with E-state index in [1.165, 1.54) is 76.5 Å². The summed E-state index contributed by atoms with van der Waals surface area (Å²) in [5.74, 6) is 0. The molecule has 0 spiro atoms. The van der Waals surface area contributed by atoms with Crippen LogP contribution < -0.4 is 0 Å². The van der Waals surface area contributed by atoms with Crippen LogP contribution in [0.15, 0.2) is 179 Å². The molecule has 2 heterocycles. The Morgan fingerprint density at radius 1 is 0.292 bits per heavy atom. The van der Waals surface area contributed by atoms with Crippen LogP contribution in [0.4, 0.5) is 0 Å². The van der Waals surface area contributed by atoms with Crippen LogP contribution in [-0.2, 0) is 0 Å². The van der Waals surface area contributed by atoms with Gasteiger partial charge in [-0.2, -0.15) is 0 Å². The lowest BCUT2D eigenvalue weighted by Crippen LogP contribution is -1.93. The van der Waals surface area contributed by atoms with Gasteiger partial charge in [-0.25, -0.2) is 0 Å². The second-order valence-electron chi connectivity index (χ2n) is 12.1. The fourth-order valence-corrected chi connectivity index (χ4v) is 7.80. The highest BCUT2D eigenvalue weighted by atomic mass is 79.9. The number of rotatable bonds is 2. The normalized spacial score (nSPS) is 11.5. The number of para-hydroxylation sites is 2. The predicted molar refractivity (Wildman–Crippen MR) is 212 cm³/mol. The van der Waals surface area contributed by atoms with Crippen molar-refractivity contribution >= 4 is 97.0 Å². The highest BCUT2D eigenvalue weighted by molar-refractivity contribution is 9.10. The molecule has 0 radical (unpaired) electrons. The van der Waals surface area contributed by atoms with Gasteiger partial charge in [-0.1, -0.05) is 129 Å². The second kappa shape index (κ2) is 11.8. The number of hydrogen-bond donors (Lipinski definition) is 0. The molecule has 2 nitrogen and oxygen atoms in total. The lowest BCUT2D eigenvalue weighted by atomic mass is 10.1. The Morgan fingerprint density at radius 2 is 0.667 bits per heavy atom. The molecule has 0 amide bonds. The van der Waals surface area contributed by atoms with Crippen molar-refractivity contribution in [2.24, 2.45) is 0 Å². The van der Waals surface area contributed by atoms with Gasteiger partial charge in [0.1, 0.15) is 0 Å². The molecular weight excluding hydrogens is 716 g/mol. The molecule has 48 heavy (non-hydrogen) atoms. The van der Waals surface area contributed by atoms with Gasteiger partial charge >= 0.3 is 0 Å². The van der Waals surface area contributed by atoms with Gasteiger partial charge in [0.25, 0.3) is 0 Å². The molecule has 0 aliphatic carbocycles. The molecule has 0 saturated carbocycles. The molecule has 0 aliphatic heterocycles. The Hall–Kier alpha value is -5.16. The maximum atomic E-state index is 3.61. The van der Waals surface area contributed by atoms with E-state index in [0.717, 1.165) is 8.95 Å². The van der Waals surface area contributed by atoms with Gasteiger partial charge < -0.3 is 9.13 Å². The molecule has 0 aliphatic rings. The molecule has 4 heteroatoms. The van der Waals surface area contributed by atoms with Crippen LogP contribution in [0.2, 0.25) is 0 Å². The molecule has 228 valence electrons. The van der Waals surface area contributed by atoms with Gasteiger partial charge in [0.2, 0.25) is 0 Å². The molecule has 0 bridgehead atoms. The number of aromatic nitrogens is 2. The van der Waals surface area contributed by atoms with E-state index >= 15 is 0 Å². The molecule has 0 saturated heterocycles. The van der Waals surface area contributed by atoms with Crippen LogP contribution in [0.25, 0.3) is 76.5 Å². The Labute approximate surface area is 294 Å². The number of hydrogen-bond acceptors (Lipinski definition) is 0. The molecule has 0 fully saturated rings. The first kappa shape index (κ1) is 29.0. The maximum absolute atomic E-state index is 3.61. The predicted octanol–water partition coefficient (Wildman–Crippen LogP) is 13.4. The summed E-state index contributed by atoms with van der Waals surface area (Å²) in [6.45, 7) is 0. The summed E-state index contributed by atoms with van der Waals surface area (Å²) in [5, 5.41) is 10.2. The van der Waals surface area contributed by atoms with E-state index in [9.17, 15) is 0 Å². The summed E-state index contributed by atoms with van der Waals surface area (Å²) in [7, 11) is 0. The van der Waals surface area contributed by atoms with Gasteiger partial charge in [0.05, 0.1) is 22.1 Å². The SMILES string of the molecule is Brc1ccc2c(c1)c1cc(Br)ccc1n2-c1ccc2ccccc2c1.c1ccc2cc(-n3c4ccccc4c4ccccc43)ccc2c1. The minimum atomic E-state index is 1.09. The largest absolute Gasteiger partial charge is 0.309 e. The molecule has 2 aromatic heterocycles. The first-order valence-electron chi connectivity index (χ1n) is 16.0. The first-order chi connectivity index (χ1) is 23.6. The third-order valence-electron chi connectivity index (χ3n) is 9.25. The molecule has 0 N–H and O–H groups in total. The molecule has 0 atom stereocenters. The Kier molecular flexibility index (Phi) is 7.14. The van der Waals surface area contributed by atoms with E-state index in [2.05, 4.69) is 211 Å².